The summed E-state index contributed by atoms with van der Waals surface area (Å²) in [6, 6.07) is 9.48. The number of likely N-dealkylation sites (tertiary alicyclic amines) is 1. The zero-order chi connectivity index (χ0) is 17.7. The molecule has 1 aromatic carbocycles. The van der Waals surface area contributed by atoms with Crippen LogP contribution in [-0.4, -0.2) is 42.4 Å². The van der Waals surface area contributed by atoms with Gasteiger partial charge in [0.05, 0.1) is 5.92 Å². The third-order valence-electron chi connectivity index (χ3n) is 3.71. The van der Waals surface area contributed by atoms with E-state index < -0.39 is 23.8 Å². The van der Waals surface area contributed by atoms with Crippen molar-refractivity contribution in [3.8, 4) is 0 Å². The van der Waals surface area contributed by atoms with Crippen molar-refractivity contribution in [1.82, 2.24) is 4.90 Å². The summed E-state index contributed by atoms with van der Waals surface area (Å²) in [5.74, 6) is -0.738. The first-order valence-electron chi connectivity index (χ1n) is 8.03. The van der Waals surface area contributed by atoms with Crippen molar-refractivity contribution in [2.24, 2.45) is 5.92 Å². The predicted molar refractivity (Wildman–Crippen MR) is 88.1 cm³/mol. The normalized spacial score (nSPS) is 20.8. The zero-order valence-corrected chi connectivity index (χ0v) is 14.7. The van der Waals surface area contributed by atoms with Gasteiger partial charge in [-0.15, -0.1) is 0 Å². The fourth-order valence-electron chi connectivity index (χ4n) is 2.55. The number of carbonyl (C=O) groups excluding carboxylic acids is 2. The topological polar surface area (TPSA) is 65.1 Å². The molecule has 1 fully saturated rings. The number of nitrogens with zero attached hydrogens (tertiary/aromatic N) is 1. The number of carbonyl (C=O) groups is 2. The second-order valence-corrected chi connectivity index (χ2v) is 6.85. The van der Waals surface area contributed by atoms with Crippen molar-refractivity contribution in [2.75, 3.05) is 13.7 Å². The van der Waals surface area contributed by atoms with Gasteiger partial charge in [0.2, 0.25) is 0 Å². The van der Waals surface area contributed by atoms with E-state index in [1.165, 1.54) is 12.0 Å². The molecule has 0 aliphatic carbocycles. The molecule has 0 N–H and O–H groups in total. The molecule has 1 heterocycles. The maximum Gasteiger partial charge on any atom is 0.412 e. The first-order chi connectivity index (χ1) is 11.3. The highest BCUT2D eigenvalue weighted by Crippen LogP contribution is 2.27. The minimum absolute atomic E-state index is 0.222. The molecule has 24 heavy (non-hydrogen) atoms. The maximum atomic E-state index is 12.3. The van der Waals surface area contributed by atoms with E-state index in [0.717, 1.165) is 5.56 Å². The highest BCUT2D eigenvalue weighted by molar-refractivity contribution is 5.76. The van der Waals surface area contributed by atoms with Gasteiger partial charge in [-0.25, -0.2) is 4.79 Å². The smallest absolute Gasteiger partial charge is 0.412 e. The number of methoxy groups -OCH3 is 1. The third kappa shape index (κ3) is 4.96. The Morgan fingerprint density at radius 2 is 1.88 bits per heavy atom. The molecule has 1 aliphatic heterocycles. The van der Waals surface area contributed by atoms with Gasteiger partial charge < -0.3 is 14.2 Å². The Hall–Kier alpha value is -2.08. The van der Waals surface area contributed by atoms with Crippen LogP contribution in [0.15, 0.2) is 30.3 Å². The molecule has 0 radical (unpaired) electrons. The van der Waals surface area contributed by atoms with Crippen molar-refractivity contribution in [3.63, 3.8) is 0 Å². The summed E-state index contributed by atoms with van der Waals surface area (Å²) >= 11 is 0. The minimum atomic E-state index is -0.596. The molecule has 0 bridgehead atoms. The van der Waals surface area contributed by atoms with Gasteiger partial charge in [0.15, 0.2) is 0 Å². The lowest BCUT2D eigenvalue weighted by Crippen LogP contribution is -2.40. The van der Waals surface area contributed by atoms with Crippen LogP contribution in [0, 0.1) is 5.92 Å². The standard InChI is InChI=1S/C18H25NO5/c1-18(2,3)24-17(21)19-11-14(10-15(19)22-4)16(20)23-12-13-8-6-5-7-9-13/h5-9,14-15H,10-12H2,1-4H3/t14-,15?/m0/s1. The van der Waals surface area contributed by atoms with Crippen molar-refractivity contribution in [3.05, 3.63) is 35.9 Å². The lowest BCUT2D eigenvalue weighted by Gasteiger charge is -2.27. The Bertz CT molecular complexity index is 567. The maximum absolute atomic E-state index is 12.3. The molecule has 0 spiro atoms. The van der Waals surface area contributed by atoms with E-state index in [2.05, 4.69) is 0 Å². The van der Waals surface area contributed by atoms with Gasteiger partial charge in [-0.3, -0.25) is 9.69 Å². The molecular formula is C18H25NO5. The Morgan fingerprint density at radius 3 is 2.46 bits per heavy atom. The van der Waals surface area contributed by atoms with Gasteiger partial charge in [0.1, 0.15) is 18.4 Å². The second kappa shape index (κ2) is 7.66. The molecule has 1 unspecified atom stereocenters. The van der Waals surface area contributed by atoms with Crippen LogP contribution in [0.1, 0.15) is 32.8 Å². The Balaban J connectivity index is 1.92. The summed E-state index contributed by atoms with van der Waals surface area (Å²) < 4.78 is 16.0. The summed E-state index contributed by atoms with van der Waals surface area (Å²) in [5, 5.41) is 0. The largest absolute Gasteiger partial charge is 0.461 e. The Labute approximate surface area is 142 Å². The number of esters is 1. The molecule has 2 rings (SSSR count). The van der Waals surface area contributed by atoms with Crippen LogP contribution < -0.4 is 0 Å². The van der Waals surface area contributed by atoms with Gasteiger partial charge >= 0.3 is 12.1 Å². The lowest BCUT2D eigenvalue weighted by atomic mass is 10.1. The van der Waals surface area contributed by atoms with Crippen molar-refractivity contribution in [1.29, 1.82) is 0 Å². The zero-order valence-electron chi connectivity index (χ0n) is 14.7. The Kier molecular flexibility index (Phi) is 5.83. The number of rotatable bonds is 4. The summed E-state index contributed by atoms with van der Waals surface area (Å²) in [6.45, 7) is 5.86. The minimum Gasteiger partial charge on any atom is -0.461 e. The molecule has 2 atom stereocenters. The van der Waals surface area contributed by atoms with Crippen molar-refractivity contribution >= 4 is 12.1 Å². The molecule has 1 aromatic rings. The average molecular weight is 335 g/mol. The quantitative estimate of drug-likeness (QED) is 0.792. The fourth-order valence-corrected chi connectivity index (χ4v) is 2.55. The van der Waals surface area contributed by atoms with E-state index in [1.54, 1.807) is 20.8 Å². The van der Waals surface area contributed by atoms with E-state index in [1.807, 2.05) is 30.3 Å². The molecule has 6 nitrogen and oxygen atoms in total. The van der Waals surface area contributed by atoms with E-state index >= 15 is 0 Å². The molecule has 0 aromatic heterocycles. The first-order valence-corrected chi connectivity index (χ1v) is 8.03. The van der Waals surface area contributed by atoms with Crippen LogP contribution in [0.4, 0.5) is 4.79 Å². The van der Waals surface area contributed by atoms with Crippen LogP contribution in [0.3, 0.4) is 0 Å². The molecule has 1 amide bonds. The molecule has 132 valence electrons. The summed E-state index contributed by atoms with van der Waals surface area (Å²) in [7, 11) is 1.51. The monoisotopic (exact) mass is 335 g/mol. The highest BCUT2D eigenvalue weighted by Gasteiger charge is 2.41. The Morgan fingerprint density at radius 1 is 1.21 bits per heavy atom. The van der Waals surface area contributed by atoms with Gasteiger partial charge in [0, 0.05) is 20.1 Å². The number of hydrogen-bond acceptors (Lipinski definition) is 5. The predicted octanol–water partition coefficient (Wildman–Crippen LogP) is 2.96. The van der Waals surface area contributed by atoms with E-state index in [-0.39, 0.29) is 19.1 Å². The molecule has 1 saturated heterocycles. The first kappa shape index (κ1) is 18.3. The van der Waals surface area contributed by atoms with Crippen molar-refractivity contribution in [2.45, 2.75) is 45.6 Å². The van der Waals surface area contributed by atoms with Gasteiger partial charge in [-0.05, 0) is 26.3 Å². The number of benzene rings is 1. The summed E-state index contributed by atoms with van der Waals surface area (Å²) in [4.78, 5) is 26.0. The van der Waals surface area contributed by atoms with Crippen molar-refractivity contribution < 1.29 is 23.8 Å². The third-order valence-corrected chi connectivity index (χ3v) is 3.71. The number of hydrogen-bond donors (Lipinski definition) is 0. The molecule has 0 saturated carbocycles. The summed E-state index contributed by atoms with van der Waals surface area (Å²) in [6.07, 6.45) is -0.551. The highest BCUT2D eigenvalue weighted by atomic mass is 16.6. The van der Waals surface area contributed by atoms with Crippen LogP contribution in [0.2, 0.25) is 0 Å². The molecule has 1 aliphatic rings. The van der Waals surface area contributed by atoms with E-state index in [4.69, 9.17) is 14.2 Å². The van der Waals surface area contributed by atoms with Crippen LogP contribution in [0.25, 0.3) is 0 Å². The lowest BCUT2D eigenvalue weighted by molar-refractivity contribution is -0.149. The van der Waals surface area contributed by atoms with Crippen LogP contribution >= 0.6 is 0 Å². The molecule has 6 heteroatoms. The van der Waals surface area contributed by atoms with Gasteiger partial charge in [0.25, 0.3) is 0 Å². The summed E-state index contributed by atoms with van der Waals surface area (Å²) in [5.41, 5.74) is 0.331. The SMILES string of the molecule is COC1C[C@H](C(=O)OCc2ccccc2)CN1C(=O)OC(C)(C)C. The fraction of sp³-hybridized carbons (Fsp3) is 0.556. The van der Waals surface area contributed by atoms with Crippen LogP contribution in [0.5, 0.6) is 0 Å². The average Bonchev–Trinajstić information content (AvgIpc) is 2.96. The van der Waals surface area contributed by atoms with Gasteiger partial charge in [-0.2, -0.15) is 0 Å². The van der Waals surface area contributed by atoms with E-state index in [0.29, 0.717) is 6.42 Å². The van der Waals surface area contributed by atoms with Crippen LogP contribution in [-0.2, 0) is 25.6 Å². The second-order valence-electron chi connectivity index (χ2n) is 6.85. The molecular weight excluding hydrogens is 310 g/mol. The number of ether oxygens (including phenoxy) is 3. The number of amides is 1. The van der Waals surface area contributed by atoms with Gasteiger partial charge in [-0.1, -0.05) is 30.3 Å². The van der Waals surface area contributed by atoms with E-state index in [9.17, 15) is 9.59 Å².